The Morgan fingerprint density at radius 3 is 1.92 bits per heavy atom. The van der Waals surface area contributed by atoms with E-state index in [1.54, 1.807) is 0 Å². The van der Waals surface area contributed by atoms with Gasteiger partial charge in [-0.1, -0.05) is 13.8 Å². The second kappa shape index (κ2) is 6.32. The molecular formula is C9H20O4. The molecule has 0 heterocycles. The second-order valence-corrected chi connectivity index (χ2v) is 3.77. The van der Waals surface area contributed by atoms with Gasteiger partial charge in [0, 0.05) is 6.61 Å². The van der Waals surface area contributed by atoms with E-state index < -0.39 is 18.3 Å². The average Bonchev–Trinajstić information content (AvgIpc) is 2.02. The van der Waals surface area contributed by atoms with Gasteiger partial charge < -0.3 is 20.4 Å². The molecule has 80 valence electrons. The van der Waals surface area contributed by atoms with Gasteiger partial charge in [0.15, 0.2) is 0 Å². The van der Waals surface area contributed by atoms with Gasteiger partial charge in [0.2, 0.25) is 0 Å². The fourth-order valence-corrected chi connectivity index (χ4v) is 1.18. The minimum Gasteiger partial charge on any atom is -0.396 e. The lowest BCUT2D eigenvalue weighted by Gasteiger charge is -2.23. The quantitative estimate of drug-likeness (QED) is 0.457. The second-order valence-electron chi connectivity index (χ2n) is 3.77. The molecule has 4 nitrogen and oxygen atoms in total. The van der Waals surface area contributed by atoms with Crippen molar-refractivity contribution < 1.29 is 20.4 Å². The summed E-state index contributed by atoms with van der Waals surface area (Å²) in [6.07, 6.45) is -2.57. The van der Waals surface area contributed by atoms with Crippen molar-refractivity contribution in [3.63, 3.8) is 0 Å². The lowest BCUT2D eigenvalue weighted by molar-refractivity contribution is -0.0713. The Bertz CT molecular complexity index is 127. The van der Waals surface area contributed by atoms with Crippen LogP contribution in [0.15, 0.2) is 0 Å². The molecule has 0 aromatic rings. The molecule has 3 atom stereocenters. The number of aliphatic hydroxyl groups is 4. The summed E-state index contributed by atoms with van der Waals surface area (Å²) < 4.78 is 0. The van der Waals surface area contributed by atoms with E-state index in [-0.39, 0.29) is 18.9 Å². The highest BCUT2D eigenvalue weighted by atomic mass is 16.4. The topological polar surface area (TPSA) is 80.9 Å². The smallest absolute Gasteiger partial charge is 0.106 e. The molecule has 0 spiro atoms. The van der Waals surface area contributed by atoms with Crippen molar-refractivity contribution in [3.05, 3.63) is 0 Å². The summed E-state index contributed by atoms with van der Waals surface area (Å²) in [7, 11) is 0. The maximum atomic E-state index is 9.39. The summed E-state index contributed by atoms with van der Waals surface area (Å²) in [5.41, 5.74) is 0. The molecule has 0 rings (SSSR count). The van der Waals surface area contributed by atoms with Gasteiger partial charge in [0.05, 0.1) is 12.2 Å². The zero-order valence-corrected chi connectivity index (χ0v) is 8.22. The van der Waals surface area contributed by atoms with Crippen LogP contribution in [0.2, 0.25) is 0 Å². The van der Waals surface area contributed by atoms with Crippen LogP contribution in [0, 0.1) is 5.92 Å². The fourth-order valence-electron chi connectivity index (χ4n) is 1.18. The molecular weight excluding hydrogens is 172 g/mol. The molecule has 0 radical (unpaired) electrons. The van der Waals surface area contributed by atoms with Gasteiger partial charge >= 0.3 is 0 Å². The van der Waals surface area contributed by atoms with E-state index in [0.717, 1.165) is 0 Å². The highest BCUT2D eigenvalue weighted by molar-refractivity contribution is 4.75. The summed E-state index contributed by atoms with van der Waals surface area (Å²) in [5, 5.41) is 36.5. The lowest BCUT2D eigenvalue weighted by Crippen LogP contribution is -2.38. The van der Waals surface area contributed by atoms with Crippen molar-refractivity contribution in [1.29, 1.82) is 0 Å². The SMILES string of the molecule is CC(C)C[C@@H](O)[C@@H](O)[C@H](O)CCO. The van der Waals surface area contributed by atoms with Gasteiger partial charge in [-0.3, -0.25) is 0 Å². The minimum atomic E-state index is -1.16. The first-order chi connectivity index (χ1) is 5.99. The summed E-state index contributed by atoms with van der Waals surface area (Å²) in [6.45, 7) is 3.66. The summed E-state index contributed by atoms with van der Waals surface area (Å²) in [6, 6.07) is 0. The van der Waals surface area contributed by atoms with Crippen LogP contribution in [0.3, 0.4) is 0 Å². The van der Waals surface area contributed by atoms with Crippen molar-refractivity contribution >= 4 is 0 Å². The van der Waals surface area contributed by atoms with Gasteiger partial charge in [-0.15, -0.1) is 0 Å². The predicted octanol–water partition coefficient (Wildman–Crippen LogP) is -0.502. The Morgan fingerprint density at radius 1 is 1.00 bits per heavy atom. The number of aliphatic hydroxyl groups excluding tert-OH is 4. The zero-order chi connectivity index (χ0) is 10.4. The molecule has 0 aliphatic heterocycles. The zero-order valence-electron chi connectivity index (χ0n) is 8.22. The van der Waals surface area contributed by atoms with E-state index in [1.807, 2.05) is 13.8 Å². The summed E-state index contributed by atoms with van der Waals surface area (Å²) in [4.78, 5) is 0. The van der Waals surface area contributed by atoms with E-state index in [2.05, 4.69) is 0 Å². The molecule has 0 saturated heterocycles. The third-order valence-corrected chi connectivity index (χ3v) is 1.93. The van der Waals surface area contributed by atoms with Crippen LogP contribution in [0.1, 0.15) is 26.7 Å². The standard InChI is InChI=1S/C9H20O4/c1-6(2)5-8(12)9(13)7(11)3-4-10/h6-13H,3-5H2,1-2H3/t7-,8-,9+/m1/s1. The van der Waals surface area contributed by atoms with Crippen molar-refractivity contribution in [2.45, 2.75) is 45.0 Å². The largest absolute Gasteiger partial charge is 0.396 e. The van der Waals surface area contributed by atoms with E-state index >= 15 is 0 Å². The Balaban J connectivity index is 3.85. The summed E-state index contributed by atoms with van der Waals surface area (Å²) in [5.74, 6) is 0.269. The predicted molar refractivity (Wildman–Crippen MR) is 49.2 cm³/mol. The molecule has 0 fully saturated rings. The van der Waals surface area contributed by atoms with Gasteiger partial charge in [0.1, 0.15) is 6.10 Å². The van der Waals surface area contributed by atoms with Crippen LogP contribution in [0.25, 0.3) is 0 Å². The average molecular weight is 192 g/mol. The highest BCUT2D eigenvalue weighted by Gasteiger charge is 2.24. The summed E-state index contributed by atoms with van der Waals surface area (Å²) >= 11 is 0. The first kappa shape index (κ1) is 12.8. The molecule has 0 aromatic heterocycles. The normalized spacial score (nSPS) is 18.7. The van der Waals surface area contributed by atoms with Crippen molar-refractivity contribution in [1.82, 2.24) is 0 Å². The van der Waals surface area contributed by atoms with E-state index in [0.29, 0.717) is 6.42 Å². The fraction of sp³-hybridized carbons (Fsp3) is 1.00. The third-order valence-electron chi connectivity index (χ3n) is 1.93. The van der Waals surface area contributed by atoms with Crippen LogP contribution < -0.4 is 0 Å². The van der Waals surface area contributed by atoms with E-state index in [1.165, 1.54) is 0 Å². The number of hydrogen-bond donors (Lipinski definition) is 4. The van der Waals surface area contributed by atoms with Crippen LogP contribution in [-0.2, 0) is 0 Å². The Hall–Kier alpha value is -0.160. The monoisotopic (exact) mass is 192 g/mol. The van der Waals surface area contributed by atoms with Crippen LogP contribution >= 0.6 is 0 Å². The van der Waals surface area contributed by atoms with Gasteiger partial charge in [-0.25, -0.2) is 0 Å². The van der Waals surface area contributed by atoms with Crippen molar-refractivity contribution in [3.8, 4) is 0 Å². The number of rotatable bonds is 6. The van der Waals surface area contributed by atoms with E-state index in [4.69, 9.17) is 5.11 Å². The molecule has 0 aliphatic rings. The molecule has 0 unspecified atom stereocenters. The lowest BCUT2D eigenvalue weighted by atomic mass is 9.97. The highest BCUT2D eigenvalue weighted by Crippen LogP contribution is 2.12. The molecule has 0 bridgehead atoms. The molecule has 4 heteroatoms. The molecule has 13 heavy (non-hydrogen) atoms. The number of hydrogen-bond acceptors (Lipinski definition) is 4. The maximum Gasteiger partial charge on any atom is 0.106 e. The minimum absolute atomic E-state index is 0.0936. The molecule has 0 aliphatic carbocycles. The van der Waals surface area contributed by atoms with Crippen molar-refractivity contribution in [2.24, 2.45) is 5.92 Å². The molecule has 0 saturated carbocycles. The van der Waals surface area contributed by atoms with Gasteiger partial charge in [0.25, 0.3) is 0 Å². The van der Waals surface area contributed by atoms with Crippen LogP contribution in [0.4, 0.5) is 0 Å². The van der Waals surface area contributed by atoms with Gasteiger partial charge in [-0.2, -0.15) is 0 Å². The molecule has 0 amide bonds. The third kappa shape index (κ3) is 5.21. The van der Waals surface area contributed by atoms with Crippen LogP contribution in [-0.4, -0.2) is 45.3 Å². The Labute approximate surface area is 78.8 Å². The molecule has 0 aromatic carbocycles. The van der Waals surface area contributed by atoms with Crippen LogP contribution in [0.5, 0.6) is 0 Å². The first-order valence-corrected chi connectivity index (χ1v) is 4.64. The Morgan fingerprint density at radius 2 is 1.54 bits per heavy atom. The van der Waals surface area contributed by atoms with E-state index in [9.17, 15) is 15.3 Å². The Kier molecular flexibility index (Phi) is 6.24. The maximum absolute atomic E-state index is 9.39. The van der Waals surface area contributed by atoms with Crippen molar-refractivity contribution in [2.75, 3.05) is 6.61 Å². The van der Waals surface area contributed by atoms with Gasteiger partial charge in [-0.05, 0) is 18.8 Å². The molecule has 4 N–H and O–H groups in total. The first-order valence-electron chi connectivity index (χ1n) is 4.64.